The van der Waals surface area contributed by atoms with E-state index in [1.54, 1.807) is 0 Å². The van der Waals surface area contributed by atoms with Gasteiger partial charge in [-0.1, -0.05) is 13.8 Å². The molecule has 13 heavy (non-hydrogen) atoms. The van der Waals surface area contributed by atoms with Gasteiger partial charge in [0.05, 0.1) is 12.3 Å². The molecule has 1 aromatic heterocycles. The van der Waals surface area contributed by atoms with Crippen LogP contribution in [-0.2, 0) is 11.3 Å². The highest BCUT2D eigenvalue weighted by Crippen LogP contribution is 2.12. The SMILES string of the molecule is CC(C)CCOCc1csc(N)n1. The lowest BCUT2D eigenvalue weighted by Gasteiger charge is -2.04. The molecule has 4 heteroatoms. The van der Waals surface area contributed by atoms with Crippen molar-refractivity contribution in [1.82, 2.24) is 4.98 Å². The van der Waals surface area contributed by atoms with Gasteiger partial charge in [-0.2, -0.15) is 0 Å². The summed E-state index contributed by atoms with van der Waals surface area (Å²) in [6.07, 6.45) is 1.10. The standard InChI is InChI=1S/C9H16N2OS/c1-7(2)3-4-12-5-8-6-13-9(10)11-8/h6-7H,3-5H2,1-2H3,(H2,10,11). The Morgan fingerprint density at radius 1 is 1.62 bits per heavy atom. The van der Waals surface area contributed by atoms with Crippen molar-refractivity contribution in [3.8, 4) is 0 Å². The minimum Gasteiger partial charge on any atom is -0.375 e. The minimum absolute atomic E-state index is 0.584. The van der Waals surface area contributed by atoms with E-state index in [4.69, 9.17) is 10.5 Å². The molecule has 0 aromatic carbocycles. The molecule has 0 bridgehead atoms. The summed E-state index contributed by atoms with van der Waals surface area (Å²) in [5, 5.41) is 2.55. The smallest absolute Gasteiger partial charge is 0.180 e. The van der Waals surface area contributed by atoms with Crippen LogP contribution in [0.4, 0.5) is 5.13 Å². The van der Waals surface area contributed by atoms with E-state index in [0.29, 0.717) is 17.7 Å². The molecular formula is C9H16N2OS. The largest absolute Gasteiger partial charge is 0.375 e. The molecule has 0 atom stereocenters. The van der Waals surface area contributed by atoms with E-state index in [2.05, 4.69) is 18.8 Å². The fourth-order valence-corrected chi connectivity index (χ4v) is 1.43. The summed E-state index contributed by atoms with van der Waals surface area (Å²) < 4.78 is 5.43. The molecule has 0 saturated carbocycles. The van der Waals surface area contributed by atoms with Gasteiger partial charge >= 0.3 is 0 Å². The van der Waals surface area contributed by atoms with Crippen LogP contribution in [0.1, 0.15) is 26.0 Å². The van der Waals surface area contributed by atoms with E-state index in [9.17, 15) is 0 Å². The lowest BCUT2D eigenvalue weighted by atomic mass is 10.1. The van der Waals surface area contributed by atoms with Crippen LogP contribution in [0.2, 0.25) is 0 Å². The number of nitrogens with two attached hydrogens (primary N) is 1. The van der Waals surface area contributed by atoms with Gasteiger partial charge in [-0.05, 0) is 12.3 Å². The van der Waals surface area contributed by atoms with Crippen molar-refractivity contribution in [2.75, 3.05) is 12.3 Å². The molecule has 3 nitrogen and oxygen atoms in total. The predicted molar refractivity (Wildman–Crippen MR) is 55.6 cm³/mol. The quantitative estimate of drug-likeness (QED) is 0.742. The van der Waals surface area contributed by atoms with E-state index in [-0.39, 0.29) is 0 Å². The number of anilines is 1. The molecule has 0 unspecified atom stereocenters. The molecule has 0 aliphatic rings. The summed E-state index contributed by atoms with van der Waals surface area (Å²) in [5.74, 6) is 0.695. The van der Waals surface area contributed by atoms with Crippen LogP contribution in [0.3, 0.4) is 0 Å². The van der Waals surface area contributed by atoms with Crippen LogP contribution >= 0.6 is 11.3 Å². The zero-order valence-electron chi connectivity index (χ0n) is 8.12. The highest BCUT2D eigenvalue weighted by Gasteiger charge is 1.99. The third-order valence-electron chi connectivity index (χ3n) is 1.66. The van der Waals surface area contributed by atoms with Gasteiger partial charge in [0.1, 0.15) is 0 Å². The normalized spacial score (nSPS) is 11.0. The molecule has 0 spiro atoms. The monoisotopic (exact) mass is 200 g/mol. The molecule has 1 heterocycles. The van der Waals surface area contributed by atoms with Crippen LogP contribution in [0.25, 0.3) is 0 Å². The maximum atomic E-state index is 5.48. The van der Waals surface area contributed by atoms with Gasteiger partial charge < -0.3 is 10.5 Å². The lowest BCUT2D eigenvalue weighted by molar-refractivity contribution is 0.108. The second kappa shape index (κ2) is 5.19. The van der Waals surface area contributed by atoms with Crippen molar-refractivity contribution in [3.63, 3.8) is 0 Å². The van der Waals surface area contributed by atoms with Gasteiger partial charge in [0.25, 0.3) is 0 Å². The molecule has 0 radical (unpaired) electrons. The highest BCUT2D eigenvalue weighted by molar-refractivity contribution is 7.13. The number of nitrogens with zero attached hydrogens (tertiary/aromatic N) is 1. The molecule has 0 aliphatic heterocycles. The fraction of sp³-hybridized carbons (Fsp3) is 0.667. The first-order valence-corrected chi connectivity index (χ1v) is 5.34. The number of hydrogen-bond donors (Lipinski definition) is 1. The summed E-state index contributed by atoms with van der Waals surface area (Å²) in [6, 6.07) is 0. The first-order chi connectivity index (χ1) is 6.18. The van der Waals surface area contributed by atoms with E-state index < -0.39 is 0 Å². The van der Waals surface area contributed by atoms with E-state index >= 15 is 0 Å². The van der Waals surface area contributed by atoms with Gasteiger partial charge in [-0.15, -0.1) is 11.3 Å². The zero-order valence-corrected chi connectivity index (χ0v) is 8.93. The Hall–Kier alpha value is -0.610. The number of aromatic nitrogens is 1. The molecular weight excluding hydrogens is 184 g/mol. The average Bonchev–Trinajstić information content (AvgIpc) is 2.45. The number of thiazole rings is 1. The second-order valence-corrected chi connectivity index (χ2v) is 4.30. The van der Waals surface area contributed by atoms with Gasteiger partial charge in [0, 0.05) is 12.0 Å². The molecule has 74 valence electrons. The van der Waals surface area contributed by atoms with Gasteiger partial charge in [0.2, 0.25) is 0 Å². The molecule has 0 saturated heterocycles. The first-order valence-electron chi connectivity index (χ1n) is 4.46. The molecule has 1 aromatic rings. The minimum atomic E-state index is 0.584. The Labute approximate surface area is 82.9 Å². The summed E-state index contributed by atoms with van der Waals surface area (Å²) in [4.78, 5) is 4.10. The van der Waals surface area contributed by atoms with Crippen molar-refractivity contribution in [2.24, 2.45) is 5.92 Å². The van der Waals surface area contributed by atoms with Crippen molar-refractivity contribution in [3.05, 3.63) is 11.1 Å². The van der Waals surface area contributed by atoms with Crippen molar-refractivity contribution in [1.29, 1.82) is 0 Å². The number of nitrogen functional groups attached to an aromatic ring is 1. The third kappa shape index (κ3) is 4.24. The second-order valence-electron chi connectivity index (χ2n) is 3.41. The topological polar surface area (TPSA) is 48.1 Å². The van der Waals surface area contributed by atoms with Crippen molar-refractivity contribution >= 4 is 16.5 Å². The lowest BCUT2D eigenvalue weighted by Crippen LogP contribution is -1.99. The highest BCUT2D eigenvalue weighted by atomic mass is 32.1. The Bertz CT molecular complexity index is 248. The third-order valence-corrected chi connectivity index (χ3v) is 2.38. The number of ether oxygens (including phenoxy) is 1. The van der Waals surface area contributed by atoms with Gasteiger partial charge in [-0.3, -0.25) is 0 Å². The van der Waals surface area contributed by atoms with Crippen molar-refractivity contribution in [2.45, 2.75) is 26.9 Å². The van der Waals surface area contributed by atoms with Crippen LogP contribution in [-0.4, -0.2) is 11.6 Å². The maximum Gasteiger partial charge on any atom is 0.180 e. The van der Waals surface area contributed by atoms with Crippen molar-refractivity contribution < 1.29 is 4.74 Å². The molecule has 0 aliphatic carbocycles. The molecule has 0 amide bonds. The summed E-state index contributed by atoms with van der Waals surface area (Å²) in [7, 11) is 0. The Morgan fingerprint density at radius 2 is 2.38 bits per heavy atom. The van der Waals surface area contributed by atoms with E-state index in [1.165, 1.54) is 11.3 Å². The maximum absolute atomic E-state index is 5.48. The number of hydrogen-bond acceptors (Lipinski definition) is 4. The van der Waals surface area contributed by atoms with Crippen LogP contribution in [0.15, 0.2) is 5.38 Å². The van der Waals surface area contributed by atoms with E-state index in [0.717, 1.165) is 18.7 Å². The first kappa shape index (κ1) is 10.5. The summed E-state index contributed by atoms with van der Waals surface area (Å²) >= 11 is 1.46. The Morgan fingerprint density at radius 3 is 2.92 bits per heavy atom. The summed E-state index contributed by atoms with van der Waals surface area (Å²) in [5.41, 5.74) is 6.42. The molecule has 1 rings (SSSR count). The summed E-state index contributed by atoms with van der Waals surface area (Å²) in [6.45, 7) is 5.75. The predicted octanol–water partition coefficient (Wildman–Crippen LogP) is 2.29. The zero-order chi connectivity index (χ0) is 9.68. The number of rotatable bonds is 5. The van der Waals surface area contributed by atoms with Crippen LogP contribution in [0, 0.1) is 5.92 Å². The van der Waals surface area contributed by atoms with Crippen LogP contribution < -0.4 is 5.73 Å². The Kier molecular flexibility index (Phi) is 4.18. The molecule has 2 N–H and O–H groups in total. The van der Waals surface area contributed by atoms with E-state index in [1.807, 2.05) is 5.38 Å². The average molecular weight is 200 g/mol. The fourth-order valence-electron chi connectivity index (χ4n) is 0.885. The molecule has 0 fully saturated rings. The Balaban J connectivity index is 2.13. The van der Waals surface area contributed by atoms with Gasteiger partial charge in [0.15, 0.2) is 5.13 Å². The van der Waals surface area contributed by atoms with Gasteiger partial charge in [-0.25, -0.2) is 4.98 Å². The van der Waals surface area contributed by atoms with Crippen LogP contribution in [0.5, 0.6) is 0 Å².